The van der Waals surface area contributed by atoms with Crippen LogP contribution in [0.4, 0.5) is 0 Å². The predicted octanol–water partition coefficient (Wildman–Crippen LogP) is 1.21. The molecule has 0 amide bonds. The van der Waals surface area contributed by atoms with E-state index in [2.05, 4.69) is 15.1 Å². The van der Waals surface area contributed by atoms with Crippen molar-refractivity contribution in [1.82, 2.24) is 19.4 Å². The van der Waals surface area contributed by atoms with E-state index >= 15 is 0 Å². The quantitative estimate of drug-likeness (QED) is 0.890. The van der Waals surface area contributed by atoms with Gasteiger partial charge in [-0.15, -0.1) is 0 Å². The maximum absolute atomic E-state index is 11.4. The van der Waals surface area contributed by atoms with E-state index in [1.165, 1.54) is 4.31 Å². The third-order valence-corrected chi connectivity index (χ3v) is 6.34. The molecule has 0 bridgehead atoms. The van der Waals surface area contributed by atoms with Crippen molar-refractivity contribution in [3.8, 4) is 11.5 Å². The molecule has 0 aromatic carbocycles. The topological polar surface area (TPSA) is 115 Å². The highest BCUT2D eigenvalue weighted by Gasteiger charge is 2.58. The minimum absolute atomic E-state index is 0.0896. The second kappa shape index (κ2) is 5.33. The third kappa shape index (κ3) is 2.62. The summed E-state index contributed by atoms with van der Waals surface area (Å²) in [5.41, 5.74) is 1.78. The molecule has 8 nitrogen and oxygen atoms in total. The number of hydrogen-bond acceptors (Lipinski definition) is 6. The highest BCUT2D eigenvalue weighted by atomic mass is 32.2. The number of piperidine rings is 1. The van der Waals surface area contributed by atoms with Gasteiger partial charge in [0.15, 0.2) is 5.82 Å². The van der Waals surface area contributed by atoms with E-state index in [0.717, 1.165) is 30.5 Å². The van der Waals surface area contributed by atoms with Crippen LogP contribution >= 0.6 is 0 Å². The molecule has 3 heterocycles. The summed E-state index contributed by atoms with van der Waals surface area (Å²) in [6.07, 6.45) is 4.26. The van der Waals surface area contributed by atoms with Gasteiger partial charge in [-0.1, -0.05) is 5.16 Å². The lowest BCUT2D eigenvalue weighted by molar-refractivity contribution is 0.249. The maximum Gasteiger partial charge on any atom is 0.276 e. The summed E-state index contributed by atoms with van der Waals surface area (Å²) in [5.74, 6) is 1.42. The van der Waals surface area contributed by atoms with Crippen molar-refractivity contribution in [1.29, 1.82) is 0 Å². The molecule has 2 aliphatic rings. The van der Waals surface area contributed by atoms with E-state index < -0.39 is 10.2 Å². The van der Waals surface area contributed by atoms with Crippen LogP contribution in [0.25, 0.3) is 11.5 Å². The molecule has 24 heavy (non-hydrogen) atoms. The Kier molecular flexibility index (Phi) is 3.48. The number of nitrogens with zero attached hydrogens (tertiary/aromatic N) is 4. The van der Waals surface area contributed by atoms with E-state index in [9.17, 15) is 8.42 Å². The van der Waals surface area contributed by atoms with E-state index in [4.69, 9.17) is 9.66 Å². The Labute approximate surface area is 140 Å². The fraction of sp³-hybridized carbons (Fsp3) is 0.533. The van der Waals surface area contributed by atoms with Gasteiger partial charge in [0.05, 0.1) is 5.56 Å². The molecule has 9 heteroatoms. The van der Waals surface area contributed by atoms with Gasteiger partial charge in [-0.3, -0.25) is 4.98 Å². The molecule has 1 spiro atoms. The van der Waals surface area contributed by atoms with Crippen LogP contribution in [-0.2, 0) is 10.2 Å². The first-order valence-electron chi connectivity index (χ1n) is 7.92. The lowest BCUT2D eigenvalue weighted by Gasteiger charge is -2.30. The van der Waals surface area contributed by atoms with Crippen molar-refractivity contribution in [2.45, 2.75) is 32.1 Å². The van der Waals surface area contributed by atoms with Crippen LogP contribution in [-0.4, -0.2) is 40.9 Å². The molecule has 1 saturated heterocycles. The Morgan fingerprint density at radius 2 is 2.12 bits per heavy atom. The summed E-state index contributed by atoms with van der Waals surface area (Å²) in [5, 5.41) is 9.34. The molecule has 1 atom stereocenters. The maximum atomic E-state index is 11.4. The van der Waals surface area contributed by atoms with Crippen molar-refractivity contribution < 1.29 is 12.9 Å². The van der Waals surface area contributed by atoms with E-state index in [0.29, 0.717) is 24.8 Å². The minimum atomic E-state index is -3.59. The fourth-order valence-corrected chi connectivity index (χ4v) is 4.34. The standard InChI is InChI=1S/C15H19N5O3S/c1-10-11(3-2-6-17-10)14-18-13(19-23-14)12-9-15(12)4-7-20(8-5-15)24(16,21)22/h2-3,6,12H,4-5,7-9H2,1H3,(H2,16,21,22)/t12-/m0/s1. The summed E-state index contributed by atoms with van der Waals surface area (Å²) in [6, 6.07) is 3.75. The summed E-state index contributed by atoms with van der Waals surface area (Å²) in [4.78, 5) is 8.78. The van der Waals surface area contributed by atoms with Gasteiger partial charge in [0, 0.05) is 30.9 Å². The number of pyridine rings is 1. The fourth-order valence-electron chi connectivity index (χ4n) is 3.65. The first-order valence-corrected chi connectivity index (χ1v) is 9.43. The summed E-state index contributed by atoms with van der Waals surface area (Å²) in [7, 11) is -3.59. The number of aromatic nitrogens is 3. The van der Waals surface area contributed by atoms with Gasteiger partial charge in [-0.05, 0) is 43.7 Å². The van der Waals surface area contributed by atoms with Gasteiger partial charge in [0.25, 0.3) is 16.1 Å². The third-order valence-electron chi connectivity index (χ3n) is 5.26. The van der Waals surface area contributed by atoms with Crippen LogP contribution in [0.15, 0.2) is 22.9 Å². The largest absolute Gasteiger partial charge is 0.334 e. The highest BCUT2D eigenvalue weighted by Crippen LogP contribution is 2.64. The van der Waals surface area contributed by atoms with Gasteiger partial charge >= 0.3 is 0 Å². The molecule has 0 radical (unpaired) electrons. The Morgan fingerprint density at radius 1 is 1.38 bits per heavy atom. The molecular formula is C15H19N5O3S. The Hall–Kier alpha value is -1.84. The normalized spacial score (nSPS) is 23.5. The minimum Gasteiger partial charge on any atom is -0.334 e. The number of rotatable bonds is 3. The number of hydrogen-bond donors (Lipinski definition) is 1. The molecule has 2 fully saturated rings. The zero-order valence-corrected chi connectivity index (χ0v) is 14.2. The molecule has 2 N–H and O–H groups in total. The van der Waals surface area contributed by atoms with E-state index in [1.54, 1.807) is 6.20 Å². The second-order valence-electron chi connectivity index (χ2n) is 6.66. The SMILES string of the molecule is Cc1ncccc1-c1nc([C@@H]2CC23CCN(S(N)(=O)=O)CC3)no1. The second-order valence-corrected chi connectivity index (χ2v) is 8.20. The molecule has 4 rings (SSSR count). The Morgan fingerprint density at radius 3 is 2.79 bits per heavy atom. The lowest BCUT2D eigenvalue weighted by Crippen LogP contribution is -2.43. The Balaban J connectivity index is 1.49. The average Bonchev–Trinajstić information content (AvgIpc) is 3.02. The van der Waals surface area contributed by atoms with Crippen LogP contribution in [0.2, 0.25) is 0 Å². The van der Waals surface area contributed by atoms with Crippen molar-refractivity contribution in [3.05, 3.63) is 29.8 Å². The molecule has 128 valence electrons. The first-order chi connectivity index (χ1) is 11.4. The smallest absolute Gasteiger partial charge is 0.276 e. The zero-order valence-electron chi connectivity index (χ0n) is 13.3. The van der Waals surface area contributed by atoms with Crippen molar-refractivity contribution in [2.75, 3.05) is 13.1 Å². The summed E-state index contributed by atoms with van der Waals surface area (Å²) < 4.78 is 29.6. The molecule has 1 saturated carbocycles. The monoisotopic (exact) mass is 349 g/mol. The van der Waals surface area contributed by atoms with Gasteiger partial charge < -0.3 is 4.52 Å². The lowest BCUT2D eigenvalue weighted by atomic mass is 9.92. The summed E-state index contributed by atoms with van der Waals surface area (Å²) >= 11 is 0. The van der Waals surface area contributed by atoms with Gasteiger partial charge in [-0.2, -0.15) is 17.7 Å². The van der Waals surface area contributed by atoms with Gasteiger partial charge in [0.2, 0.25) is 0 Å². The van der Waals surface area contributed by atoms with Crippen molar-refractivity contribution in [3.63, 3.8) is 0 Å². The number of nitrogens with two attached hydrogens (primary N) is 1. The van der Waals surface area contributed by atoms with Crippen molar-refractivity contribution >= 4 is 10.2 Å². The van der Waals surface area contributed by atoms with Crippen LogP contribution in [0.1, 0.15) is 36.7 Å². The molecule has 0 unspecified atom stereocenters. The van der Waals surface area contributed by atoms with Crippen LogP contribution < -0.4 is 5.14 Å². The van der Waals surface area contributed by atoms with Crippen molar-refractivity contribution in [2.24, 2.45) is 10.6 Å². The average molecular weight is 349 g/mol. The predicted molar refractivity (Wildman–Crippen MR) is 86.0 cm³/mol. The van der Waals surface area contributed by atoms with Crippen LogP contribution in [0.3, 0.4) is 0 Å². The first kappa shape index (κ1) is 15.7. The zero-order chi connectivity index (χ0) is 16.9. The van der Waals surface area contributed by atoms with Gasteiger partial charge in [0.1, 0.15) is 0 Å². The van der Waals surface area contributed by atoms with Crippen LogP contribution in [0, 0.1) is 12.3 Å². The Bertz CT molecular complexity index is 871. The van der Waals surface area contributed by atoms with E-state index in [1.807, 2.05) is 19.1 Å². The van der Waals surface area contributed by atoms with Crippen LogP contribution in [0.5, 0.6) is 0 Å². The molecule has 1 aliphatic carbocycles. The molecular weight excluding hydrogens is 330 g/mol. The molecule has 2 aromatic heterocycles. The highest BCUT2D eigenvalue weighted by molar-refractivity contribution is 7.86. The summed E-state index contributed by atoms with van der Waals surface area (Å²) in [6.45, 7) is 2.82. The number of aryl methyl sites for hydroxylation is 1. The van der Waals surface area contributed by atoms with E-state index in [-0.39, 0.29) is 11.3 Å². The molecule has 2 aromatic rings. The van der Waals surface area contributed by atoms with Gasteiger partial charge in [-0.25, -0.2) is 5.14 Å². The molecule has 1 aliphatic heterocycles.